The molecule has 0 bridgehead atoms. The molecule has 0 aliphatic carbocycles. The van der Waals surface area contributed by atoms with E-state index in [0.29, 0.717) is 5.82 Å². The Morgan fingerprint density at radius 1 is 1.42 bits per heavy atom. The third-order valence-electron chi connectivity index (χ3n) is 1.94. The van der Waals surface area contributed by atoms with Crippen LogP contribution in [0.25, 0.3) is 5.52 Å². The molecule has 0 spiro atoms. The van der Waals surface area contributed by atoms with Crippen LogP contribution in [-0.4, -0.2) is 19.8 Å². The Kier molecular flexibility index (Phi) is 1.27. The molecule has 5 nitrogen and oxygen atoms in total. The number of aromatic nitrogens is 4. The second kappa shape index (κ2) is 2.17. The van der Waals surface area contributed by atoms with Gasteiger partial charge in [0, 0.05) is 5.56 Å². The zero-order valence-corrected chi connectivity index (χ0v) is 6.94. The van der Waals surface area contributed by atoms with E-state index in [2.05, 4.69) is 15.2 Å². The summed E-state index contributed by atoms with van der Waals surface area (Å²) in [5.74, 6) is 0.475. The Morgan fingerprint density at radius 2 is 2.17 bits per heavy atom. The number of nitrogens with two attached hydrogens (primary N) is 1. The Labute approximate surface area is 69.2 Å². The third-order valence-corrected chi connectivity index (χ3v) is 1.94. The van der Waals surface area contributed by atoms with E-state index in [4.69, 9.17) is 5.73 Å². The number of hydrogen-bond acceptors (Lipinski definition) is 4. The van der Waals surface area contributed by atoms with Crippen molar-refractivity contribution in [2.24, 2.45) is 0 Å². The van der Waals surface area contributed by atoms with E-state index < -0.39 is 0 Å². The fourth-order valence-corrected chi connectivity index (χ4v) is 1.16. The molecular formula is C7H9N5. The molecule has 12 heavy (non-hydrogen) atoms. The van der Waals surface area contributed by atoms with Gasteiger partial charge in [0.2, 0.25) is 0 Å². The van der Waals surface area contributed by atoms with Crippen LogP contribution in [0.1, 0.15) is 11.3 Å². The summed E-state index contributed by atoms with van der Waals surface area (Å²) in [6.45, 7) is 3.88. The number of fused-ring (bicyclic) bond motifs is 1. The first-order valence-electron chi connectivity index (χ1n) is 3.63. The van der Waals surface area contributed by atoms with Gasteiger partial charge in [-0.3, -0.25) is 0 Å². The highest BCUT2D eigenvalue weighted by atomic mass is 15.4. The second-order valence-electron chi connectivity index (χ2n) is 2.69. The number of hydrogen-bond donors (Lipinski definition) is 1. The molecule has 0 unspecified atom stereocenters. The predicted molar refractivity (Wildman–Crippen MR) is 44.7 cm³/mol. The molecule has 0 aliphatic heterocycles. The van der Waals surface area contributed by atoms with E-state index in [0.717, 1.165) is 16.8 Å². The summed E-state index contributed by atoms with van der Waals surface area (Å²) in [5, 5.41) is 8.10. The minimum atomic E-state index is 0.475. The Balaban J connectivity index is 2.97. The molecule has 2 N–H and O–H groups in total. The number of aryl methyl sites for hydroxylation is 2. The first-order valence-corrected chi connectivity index (χ1v) is 3.63. The molecule has 0 atom stereocenters. The van der Waals surface area contributed by atoms with Crippen molar-refractivity contribution in [3.63, 3.8) is 0 Å². The first-order chi connectivity index (χ1) is 5.70. The van der Waals surface area contributed by atoms with Gasteiger partial charge in [0.05, 0.1) is 5.69 Å². The van der Waals surface area contributed by atoms with Crippen LogP contribution < -0.4 is 5.73 Å². The molecule has 0 amide bonds. The van der Waals surface area contributed by atoms with Gasteiger partial charge in [0.25, 0.3) is 0 Å². The van der Waals surface area contributed by atoms with Crippen LogP contribution in [0.2, 0.25) is 0 Å². The Morgan fingerprint density at radius 3 is 2.83 bits per heavy atom. The van der Waals surface area contributed by atoms with E-state index in [9.17, 15) is 0 Å². The van der Waals surface area contributed by atoms with Crippen molar-refractivity contribution in [2.75, 3.05) is 5.73 Å². The number of nitrogens with zero attached hydrogens (tertiary/aromatic N) is 4. The standard InChI is InChI=1S/C7H9N5/c1-4-5(2)11-12-6(4)7(8)9-3-10-12/h3H,1-2H3,(H2,8,9,10). The largest absolute Gasteiger partial charge is 0.382 e. The molecule has 2 aromatic rings. The molecule has 0 aromatic carbocycles. The molecule has 2 aromatic heterocycles. The van der Waals surface area contributed by atoms with Gasteiger partial charge in [0.15, 0.2) is 5.82 Å². The highest BCUT2D eigenvalue weighted by molar-refractivity contribution is 5.69. The molecule has 62 valence electrons. The van der Waals surface area contributed by atoms with Crippen molar-refractivity contribution in [1.29, 1.82) is 0 Å². The summed E-state index contributed by atoms with van der Waals surface area (Å²) < 4.78 is 1.51. The molecule has 0 radical (unpaired) electrons. The van der Waals surface area contributed by atoms with Crippen molar-refractivity contribution >= 4 is 11.3 Å². The van der Waals surface area contributed by atoms with Crippen molar-refractivity contribution in [3.05, 3.63) is 17.6 Å². The molecular weight excluding hydrogens is 154 g/mol. The SMILES string of the molecule is Cc1nn2ncnc(N)c2c1C. The smallest absolute Gasteiger partial charge is 0.153 e. The maximum Gasteiger partial charge on any atom is 0.153 e. The van der Waals surface area contributed by atoms with E-state index in [-0.39, 0.29) is 0 Å². The lowest BCUT2D eigenvalue weighted by Crippen LogP contribution is -1.99. The molecule has 0 saturated carbocycles. The zero-order valence-electron chi connectivity index (χ0n) is 6.94. The minimum Gasteiger partial charge on any atom is -0.382 e. The van der Waals surface area contributed by atoms with Crippen molar-refractivity contribution in [3.8, 4) is 0 Å². The van der Waals surface area contributed by atoms with Gasteiger partial charge >= 0.3 is 0 Å². The van der Waals surface area contributed by atoms with Crippen molar-refractivity contribution < 1.29 is 0 Å². The monoisotopic (exact) mass is 163 g/mol. The van der Waals surface area contributed by atoms with Crippen LogP contribution >= 0.6 is 0 Å². The number of anilines is 1. The van der Waals surface area contributed by atoms with Gasteiger partial charge in [-0.25, -0.2) is 4.98 Å². The minimum absolute atomic E-state index is 0.475. The molecule has 0 aliphatic rings. The number of rotatable bonds is 0. The van der Waals surface area contributed by atoms with E-state index in [1.807, 2.05) is 13.8 Å². The van der Waals surface area contributed by atoms with Gasteiger partial charge in [-0.05, 0) is 13.8 Å². The van der Waals surface area contributed by atoms with E-state index >= 15 is 0 Å². The van der Waals surface area contributed by atoms with Crippen LogP contribution in [0.15, 0.2) is 6.33 Å². The lowest BCUT2D eigenvalue weighted by molar-refractivity contribution is 0.773. The molecule has 5 heteroatoms. The fourth-order valence-electron chi connectivity index (χ4n) is 1.16. The highest BCUT2D eigenvalue weighted by Crippen LogP contribution is 2.16. The maximum atomic E-state index is 5.66. The molecule has 0 fully saturated rings. The van der Waals surface area contributed by atoms with Crippen LogP contribution in [-0.2, 0) is 0 Å². The third kappa shape index (κ3) is 0.761. The fraction of sp³-hybridized carbons (Fsp3) is 0.286. The van der Waals surface area contributed by atoms with Crippen molar-refractivity contribution in [1.82, 2.24) is 19.8 Å². The van der Waals surface area contributed by atoms with Crippen molar-refractivity contribution in [2.45, 2.75) is 13.8 Å². The lowest BCUT2D eigenvalue weighted by atomic mass is 10.2. The van der Waals surface area contributed by atoms with Gasteiger partial charge in [-0.1, -0.05) is 0 Å². The summed E-state index contributed by atoms with van der Waals surface area (Å²) in [4.78, 5) is 3.89. The summed E-state index contributed by atoms with van der Waals surface area (Å²) in [7, 11) is 0. The highest BCUT2D eigenvalue weighted by Gasteiger charge is 2.08. The summed E-state index contributed by atoms with van der Waals surface area (Å²) in [6, 6.07) is 0. The van der Waals surface area contributed by atoms with E-state index in [1.54, 1.807) is 0 Å². The molecule has 0 saturated heterocycles. The average Bonchev–Trinajstić information content (AvgIpc) is 2.29. The first kappa shape index (κ1) is 7.02. The Hall–Kier alpha value is -1.65. The van der Waals surface area contributed by atoms with Crippen LogP contribution in [0.4, 0.5) is 5.82 Å². The molecule has 2 heterocycles. The summed E-state index contributed by atoms with van der Waals surface area (Å²) in [5.41, 5.74) is 8.43. The normalized spacial score (nSPS) is 10.8. The van der Waals surface area contributed by atoms with Gasteiger partial charge in [-0.15, -0.1) is 9.73 Å². The summed E-state index contributed by atoms with van der Waals surface area (Å²) in [6.07, 6.45) is 1.40. The summed E-state index contributed by atoms with van der Waals surface area (Å²) >= 11 is 0. The van der Waals surface area contributed by atoms with Crippen LogP contribution in [0.3, 0.4) is 0 Å². The average molecular weight is 163 g/mol. The Bertz CT molecular complexity index is 431. The molecule has 2 rings (SSSR count). The zero-order chi connectivity index (χ0) is 8.72. The predicted octanol–water partition coefficient (Wildman–Crippen LogP) is 0.323. The van der Waals surface area contributed by atoms with Gasteiger partial charge in [-0.2, -0.15) is 5.10 Å². The van der Waals surface area contributed by atoms with Crippen LogP contribution in [0.5, 0.6) is 0 Å². The van der Waals surface area contributed by atoms with Gasteiger partial charge in [0.1, 0.15) is 11.8 Å². The lowest BCUT2D eigenvalue weighted by Gasteiger charge is -1.94. The topological polar surface area (TPSA) is 69.1 Å². The maximum absolute atomic E-state index is 5.66. The second-order valence-corrected chi connectivity index (χ2v) is 2.69. The van der Waals surface area contributed by atoms with E-state index in [1.165, 1.54) is 11.0 Å². The van der Waals surface area contributed by atoms with Gasteiger partial charge < -0.3 is 5.73 Å². The quantitative estimate of drug-likeness (QED) is 0.607. The number of nitrogen functional groups attached to an aromatic ring is 1. The van der Waals surface area contributed by atoms with Crippen LogP contribution in [0, 0.1) is 13.8 Å².